The Balaban J connectivity index is 2.86. The van der Waals surface area contributed by atoms with E-state index in [9.17, 15) is 4.79 Å². The van der Waals surface area contributed by atoms with Crippen LogP contribution >= 0.6 is 43.5 Å². The smallest absolute Gasteiger partial charge is 0.151 e. The summed E-state index contributed by atoms with van der Waals surface area (Å²) in [6.45, 7) is 0. The number of halogens is 3. The Hall–Kier alpha value is 0.140. The van der Waals surface area contributed by atoms with E-state index in [-0.39, 0.29) is 11.7 Å². The number of carbonyl (C=O) groups is 1. The molecule has 0 N–H and O–H groups in total. The first kappa shape index (κ1) is 12.2. The van der Waals surface area contributed by atoms with Crippen molar-refractivity contribution < 1.29 is 4.79 Å². The van der Waals surface area contributed by atoms with Crippen molar-refractivity contribution in [1.29, 1.82) is 0 Å². The monoisotopic (exact) mass is 338 g/mol. The number of ketones is 1. The van der Waals surface area contributed by atoms with Crippen LogP contribution in [0.1, 0.15) is 11.1 Å². The third-order valence-corrected chi connectivity index (χ3v) is 3.13. The molecule has 14 heavy (non-hydrogen) atoms. The molecule has 0 unspecified atom stereocenters. The summed E-state index contributed by atoms with van der Waals surface area (Å²) in [4.78, 5) is 11.1. The summed E-state index contributed by atoms with van der Waals surface area (Å²) in [5, 5.41) is 0.786. The molecule has 0 saturated heterocycles. The second kappa shape index (κ2) is 5.89. The topological polar surface area (TPSA) is 17.1 Å². The van der Waals surface area contributed by atoms with Gasteiger partial charge in [0.1, 0.15) is 0 Å². The molecule has 0 aliphatic heterocycles. The van der Waals surface area contributed by atoms with Crippen LogP contribution in [0.15, 0.2) is 22.7 Å². The number of rotatable bonds is 4. The molecule has 0 aliphatic rings. The fourth-order valence-electron chi connectivity index (χ4n) is 1.17. The normalized spacial score (nSPS) is 10.2. The van der Waals surface area contributed by atoms with Crippen LogP contribution in [0.4, 0.5) is 0 Å². The van der Waals surface area contributed by atoms with Crippen LogP contribution in [0.3, 0.4) is 0 Å². The van der Waals surface area contributed by atoms with Gasteiger partial charge in [-0.15, -0.1) is 11.6 Å². The number of Topliss-reactive ketones (excluding diaryl/α,β-unsaturated/α-hetero) is 1. The minimum Gasteiger partial charge on any atom is -0.298 e. The van der Waals surface area contributed by atoms with E-state index in [1.165, 1.54) is 0 Å². The maximum absolute atomic E-state index is 11.1. The van der Waals surface area contributed by atoms with Gasteiger partial charge < -0.3 is 0 Å². The SMILES string of the molecule is O=C(CCl)Cc1cc(Br)cc(CBr)c1. The average molecular weight is 340 g/mol. The molecule has 0 heterocycles. The van der Waals surface area contributed by atoms with E-state index in [0.717, 1.165) is 20.9 Å². The third-order valence-electron chi connectivity index (χ3n) is 1.72. The molecule has 1 aromatic rings. The lowest BCUT2D eigenvalue weighted by Gasteiger charge is -2.03. The van der Waals surface area contributed by atoms with Gasteiger partial charge in [0.05, 0.1) is 5.88 Å². The van der Waals surface area contributed by atoms with Crippen molar-refractivity contribution in [2.45, 2.75) is 11.8 Å². The van der Waals surface area contributed by atoms with E-state index in [1.807, 2.05) is 18.2 Å². The maximum atomic E-state index is 11.1. The van der Waals surface area contributed by atoms with E-state index in [0.29, 0.717) is 6.42 Å². The van der Waals surface area contributed by atoms with Gasteiger partial charge in [0, 0.05) is 16.2 Å². The van der Waals surface area contributed by atoms with Gasteiger partial charge in [-0.1, -0.05) is 37.9 Å². The predicted molar refractivity (Wildman–Crippen MR) is 66.2 cm³/mol. The van der Waals surface area contributed by atoms with Gasteiger partial charge in [0.2, 0.25) is 0 Å². The van der Waals surface area contributed by atoms with Gasteiger partial charge in [-0.25, -0.2) is 0 Å². The van der Waals surface area contributed by atoms with Crippen LogP contribution in [0.2, 0.25) is 0 Å². The zero-order valence-electron chi connectivity index (χ0n) is 7.40. The quantitative estimate of drug-likeness (QED) is 0.764. The zero-order valence-corrected chi connectivity index (χ0v) is 11.3. The highest BCUT2D eigenvalue weighted by Crippen LogP contribution is 2.18. The standard InChI is InChI=1S/C10H9Br2ClO/c11-5-8-1-7(2-9(12)3-8)4-10(14)6-13/h1-3H,4-6H2. The second-order valence-electron chi connectivity index (χ2n) is 2.95. The van der Waals surface area contributed by atoms with Gasteiger partial charge in [-0.3, -0.25) is 4.79 Å². The van der Waals surface area contributed by atoms with Crippen molar-refractivity contribution in [1.82, 2.24) is 0 Å². The highest BCUT2D eigenvalue weighted by molar-refractivity contribution is 9.10. The van der Waals surface area contributed by atoms with Crippen LogP contribution in [0, 0.1) is 0 Å². The van der Waals surface area contributed by atoms with Crippen molar-refractivity contribution in [3.63, 3.8) is 0 Å². The molecule has 0 spiro atoms. The molecule has 0 radical (unpaired) electrons. The molecule has 4 heteroatoms. The van der Waals surface area contributed by atoms with Crippen molar-refractivity contribution >= 4 is 49.2 Å². The van der Waals surface area contributed by atoms with E-state index in [1.54, 1.807) is 0 Å². The summed E-state index contributed by atoms with van der Waals surface area (Å²) in [7, 11) is 0. The van der Waals surface area contributed by atoms with Gasteiger partial charge in [-0.05, 0) is 23.3 Å². The lowest BCUT2D eigenvalue weighted by Crippen LogP contribution is -2.04. The van der Waals surface area contributed by atoms with E-state index >= 15 is 0 Å². The highest BCUT2D eigenvalue weighted by atomic mass is 79.9. The molecular formula is C10H9Br2ClO. The molecular weight excluding hydrogens is 331 g/mol. The summed E-state index contributed by atoms with van der Waals surface area (Å²) < 4.78 is 0.992. The van der Waals surface area contributed by atoms with E-state index < -0.39 is 0 Å². The maximum Gasteiger partial charge on any atom is 0.151 e. The van der Waals surface area contributed by atoms with Crippen molar-refractivity contribution in [3.05, 3.63) is 33.8 Å². The summed E-state index contributed by atoms with van der Waals surface area (Å²) in [5.41, 5.74) is 2.15. The number of hydrogen-bond acceptors (Lipinski definition) is 1. The van der Waals surface area contributed by atoms with Crippen LogP contribution < -0.4 is 0 Å². The lowest BCUT2D eigenvalue weighted by atomic mass is 10.1. The van der Waals surface area contributed by atoms with Crippen LogP contribution in [0.25, 0.3) is 0 Å². The fraction of sp³-hybridized carbons (Fsp3) is 0.300. The van der Waals surface area contributed by atoms with Crippen molar-refractivity contribution in [2.24, 2.45) is 0 Å². The molecule has 1 nitrogen and oxygen atoms in total. The van der Waals surface area contributed by atoms with Crippen LogP contribution in [0.5, 0.6) is 0 Å². The van der Waals surface area contributed by atoms with Crippen LogP contribution in [-0.4, -0.2) is 11.7 Å². The first-order valence-electron chi connectivity index (χ1n) is 4.07. The Labute approximate surface area is 105 Å². The molecule has 1 aromatic carbocycles. The first-order valence-corrected chi connectivity index (χ1v) is 6.52. The molecule has 0 aromatic heterocycles. The number of alkyl halides is 2. The second-order valence-corrected chi connectivity index (χ2v) is 4.69. The molecule has 0 amide bonds. The zero-order chi connectivity index (χ0) is 10.6. The Morgan fingerprint density at radius 2 is 1.93 bits per heavy atom. The molecule has 0 fully saturated rings. The Morgan fingerprint density at radius 3 is 2.50 bits per heavy atom. The summed E-state index contributed by atoms with van der Waals surface area (Å²) in [6.07, 6.45) is 0.406. The van der Waals surface area contributed by atoms with Gasteiger partial charge in [-0.2, -0.15) is 0 Å². The van der Waals surface area contributed by atoms with Crippen molar-refractivity contribution in [2.75, 3.05) is 5.88 Å². The molecule has 0 bridgehead atoms. The molecule has 0 atom stereocenters. The Kier molecular flexibility index (Phi) is 5.13. The fourth-order valence-corrected chi connectivity index (χ4v) is 2.18. The average Bonchev–Trinajstić information content (AvgIpc) is 2.16. The Morgan fingerprint density at radius 1 is 1.29 bits per heavy atom. The van der Waals surface area contributed by atoms with Gasteiger partial charge in [0.25, 0.3) is 0 Å². The van der Waals surface area contributed by atoms with Gasteiger partial charge in [0.15, 0.2) is 5.78 Å². The Bertz CT molecular complexity index is 339. The molecule has 1 rings (SSSR count). The largest absolute Gasteiger partial charge is 0.298 e. The minimum atomic E-state index is 0.0466. The first-order chi connectivity index (χ1) is 6.65. The number of benzene rings is 1. The highest BCUT2D eigenvalue weighted by Gasteiger charge is 2.04. The number of carbonyl (C=O) groups excluding carboxylic acids is 1. The van der Waals surface area contributed by atoms with Crippen LogP contribution in [-0.2, 0) is 16.5 Å². The predicted octanol–water partition coefficient (Wildman–Crippen LogP) is 3.69. The summed E-state index contributed by atoms with van der Waals surface area (Å²) in [6, 6.07) is 5.96. The van der Waals surface area contributed by atoms with E-state index in [2.05, 4.69) is 31.9 Å². The third kappa shape index (κ3) is 3.71. The molecule has 0 saturated carbocycles. The van der Waals surface area contributed by atoms with Gasteiger partial charge >= 0.3 is 0 Å². The van der Waals surface area contributed by atoms with E-state index in [4.69, 9.17) is 11.6 Å². The number of hydrogen-bond donors (Lipinski definition) is 0. The summed E-state index contributed by atoms with van der Waals surface area (Å²) in [5.74, 6) is 0.126. The minimum absolute atomic E-state index is 0.0466. The molecule has 0 aliphatic carbocycles. The summed E-state index contributed by atoms with van der Waals surface area (Å²) >= 11 is 12.2. The molecule has 76 valence electrons. The lowest BCUT2D eigenvalue weighted by molar-refractivity contribution is -0.116. The van der Waals surface area contributed by atoms with Crippen molar-refractivity contribution in [3.8, 4) is 0 Å².